The summed E-state index contributed by atoms with van der Waals surface area (Å²) < 4.78 is 7.07. The number of carbonyl (C=O) groups excluding carboxylic acids is 1. The number of ether oxygens (including phenoxy) is 1. The topological polar surface area (TPSA) is 56.1 Å². The van der Waals surface area contributed by atoms with Crippen molar-refractivity contribution in [2.45, 2.75) is 19.5 Å². The number of nitrogens with one attached hydrogen (secondary N) is 1. The molecule has 0 aliphatic heterocycles. The van der Waals surface area contributed by atoms with Crippen LogP contribution in [0.5, 0.6) is 5.75 Å². The molecule has 4 rings (SSSR count). The van der Waals surface area contributed by atoms with Crippen molar-refractivity contribution in [1.29, 1.82) is 0 Å². The van der Waals surface area contributed by atoms with E-state index < -0.39 is 0 Å². The quantitative estimate of drug-likeness (QED) is 0.466. The van der Waals surface area contributed by atoms with E-state index in [1.54, 1.807) is 13.3 Å². The molecule has 0 aliphatic carbocycles. The Morgan fingerprint density at radius 1 is 0.935 bits per heavy atom. The standard InChI is InChI=1S/C26H25N3O2/c1-31-24-13-9-20(10-14-24)17-26(30)27-18-23-5-2-3-6-25(23)22-11-7-21(8-12-22)19-29-16-4-15-28-29/h2-16H,17-19H2,1H3,(H,27,30). The van der Waals surface area contributed by atoms with Gasteiger partial charge in [-0.25, -0.2) is 0 Å². The maximum Gasteiger partial charge on any atom is 0.224 e. The summed E-state index contributed by atoms with van der Waals surface area (Å²) in [6.45, 7) is 1.23. The van der Waals surface area contributed by atoms with Crippen LogP contribution in [0.2, 0.25) is 0 Å². The first-order valence-electron chi connectivity index (χ1n) is 10.3. The van der Waals surface area contributed by atoms with Crippen LogP contribution in [0.4, 0.5) is 0 Å². The number of methoxy groups -OCH3 is 1. The van der Waals surface area contributed by atoms with Gasteiger partial charge >= 0.3 is 0 Å². The fourth-order valence-electron chi connectivity index (χ4n) is 3.51. The summed E-state index contributed by atoms with van der Waals surface area (Å²) in [5, 5.41) is 7.30. The zero-order valence-electron chi connectivity index (χ0n) is 17.5. The van der Waals surface area contributed by atoms with Crippen LogP contribution >= 0.6 is 0 Å². The second-order valence-electron chi connectivity index (χ2n) is 7.36. The van der Waals surface area contributed by atoms with Crippen LogP contribution in [0, 0.1) is 0 Å². The minimum absolute atomic E-state index is 0.00506. The number of nitrogens with zero attached hydrogens (tertiary/aromatic N) is 2. The van der Waals surface area contributed by atoms with Gasteiger partial charge in [0.2, 0.25) is 5.91 Å². The molecule has 31 heavy (non-hydrogen) atoms. The van der Waals surface area contributed by atoms with Crippen LogP contribution in [0.1, 0.15) is 16.7 Å². The van der Waals surface area contributed by atoms with E-state index in [9.17, 15) is 4.79 Å². The Morgan fingerprint density at radius 2 is 1.68 bits per heavy atom. The molecule has 0 saturated carbocycles. The lowest BCUT2D eigenvalue weighted by Gasteiger charge is -2.12. The molecule has 0 atom stereocenters. The maximum atomic E-state index is 12.4. The number of carbonyl (C=O) groups is 1. The molecule has 0 spiro atoms. The largest absolute Gasteiger partial charge is 0.497 e. The molecule has 0 bridgehead atoms. The van der Waals surface area contributed by atoms with Crippen LogP contribution in [0.3, 0.4) is 0 Å². The lowest BCUT2D eigenvalue weighted by Crippen LogP contribution is -2.24. The minimum Gasteiger partial charge on any atom is -0.497 e. The van der Waals surface area contributed by atoms with Crippen molar-refractivity contribution in [3.63, 3.8) is 0 Å². The molecule has 0 unspecified atom stereocenters. The predicted octanol–water partition coefficient (Wildman–Crippen LogP) is 4.47. The van der Waals surface area contributed by atoms with Gasteiger partial charge in [-0.15, -0.1) is 0 Å². The van der Waals surface area contributed by atoms with E-state index in [0.29, 0.717) is 13.0 Å². The SMILES string of the molecule is COc1ccc(CC(=O)NCc2ccccc2-c2ccc(Cn3cccn3)cc2)cc1. The lowest BCUT2D eigenvalue weighted by atomic mass is 9.98. The third-order valence-corrected chi connectivity index (χ3v) is 5.19. The second kappa shape index (κ2) is 9.76. The Bertz CT molecular complexity index is 1120. The van der Waals surface area contributed by atoms with Gasteiger partial charge in [-0.1, -0.05) is 60.7 Å². The number of aromatic nitrogens is 2. The fourth-order valence-corrected chi connectivity index (χ4v) is 3.51. The first-order valence-corrected chi connectivity index (χ1v) is 10.3. The normalized spacial score (nSPS) is 10.6. The van der Waals surface area contributed by atoms with Crippen molar-refractivity contribution >= 4 is 5.91 Å². The first-order chi connectivity index (χ1) is 15.2. The Morgan fingerprint density at radius 3 is 2.39 bits per heavy atom. The van der Waals surface area contributed by atoms with Crippen LogP contribution in [-0.2, 0) is 24.3 Å². The van der Waals surface area contributed by atoms with E-state index in [0.717, 1.165) is 34.5 Å². The highest BCUT2D eigenvalue weighted by molar-refractivity contribution is 5.79. The predicted molar refractivity (Wildman–Crippen MR) is 122 cm³/mol. The summed E-state index contributed by atoms with van der Waals surface area (Å²) >= 11 is 0. The summed E-state index contributed by atoms with van der Waals surface area (Å²) in [4.78, 5) is 12.4. The van der Waals surface area contributed by atoms with Crippen molar-refractivity contribution in [3.05, 3.63) is 108 Å². The van der Waals surface area contributed by atoms with E-state index in [1.807, 2.05) is 53.3 Å². The molecular weight excluding hydrogens is 386 g/mol. The summed E-state index contributed by atoms with van der Waals surface area (Å²) in [6.07, 6.45) is 4.08. The molecule has 0 saturated heterocycles. The van der Waals surface area contributed by atoms with Gasteiger partial charge in [-0.3, -0.25) is 9.48 Å². The molecule has 5 heteroatoms. The molecular formula is C26H25N3O2. The number of rotatable bonds is 8. The molecule has 1 aromatic heterocycles. The van der Waals surface area contributed by atoms with Gasteiger partial charge < -0.3 is 10.1 Å². The molecule has 0 radical (unpaired) electrons. The number of benzene rings is 3. The molecule has 4 aromatic rings. The Labute approximate surface area is 182 Å². The number of hydrogen-bond donors (Lipinski definition) is 1. The number of hydrogen-bond acceptors (Lipinski definition) is 3. The average Bonchev–Trinajstić information content (AvgIpc) is 3.32. The Kier molecular flexibility index (Phi) is 6.43. The van der Waals surface area contributed by atoms with Crippen molar-refractivity contribution in [2.75, 3.05) is 7.11 Å². The van der Waals surface area contributed by atoms with Crippen LogP contribution < -0.4 is 10.1 Å². The number of amides is 1. The van der Waals surface area contributed by atoms with Gasteiger partial charge in [0.1, 0.15) is 5.75 Å². The zero-order chi connectivity index (χ0) is 21.5. The van der Waals surface area contributed by atoms with Crippen molar-refractivity contribution in [3.8, 4) is 16.9 Å². The summed E-state index contributed by atoms with van der Waals surface area (Å²) in [5.41, 5.74) is 5.49. The van der Waals surface area contributed by atoms with Crippen molar-refractivity contribution in [1.82, 2.24) is 15.1 Å². The highest BCUT2D eigenvalue weighted by Crippen LogP contribution is 2.24. The van der Waals surface area contributed by atoms with Crippen LogP contribution in [0.25, 0.3) is 11.1 Å². The van der Waals surface area contributed by atoms with Crippen molar-refractivity contribution in [2.24, 2.45) is 0 Å². The summed E-state index contributed by atoms with van der Waals surface area (Å²) in [7, 11) is 1.63. The van der Waals surface area contributed by atoms with Crippen LogP contribution in [-0.4, -0.2) is 22.8 Å². The second-order valence-corrected chi connectivity index (χ2v) is 7.36. The first kappa shape index (κ1) is 20.4. The van der Waals surface area contributed by atoms with E-state index in [-0.39, 0.29) is 5.91 Å². The Hall–Kier alpha value is -3.86. The van der Waals surface area contributed by atoms with Crippen molar-refractivity contribution < 1.29 is 9.53 Å². The smallest absolute Gasteiger partial charge is 0.224 e. The minimum atomic E-state index is -0.00506. The molecule has 156 valence electrons. The van der Waals surface area contributed by atoms with Gasteiger partial charge in [0.25, 0.3) is 0 Å². The van der Waals surface area contributed by atoms with E-state index in [2.05, 4.69) is 46.8 Å². The average molecular weight is 412 g/mol. The molecule has 5 nitrogen and oxygen atoms in total. The highest BCUT2D eigenvalue weighted by Gasteiger charge is 2.08. The van der Waals surface area contributed by atoms with E-state index >= 15 is 0 Å². The van der Waals surface area contributed by atoms with Gasteiger partial charge in [0.15, 0.2) is 0 Å². The molecule has 1 amide bonds. The Balaban J connectivity index is 1.40. The summed E-state index contributed by atoms with van der Waals surface area (Å²) in [5.74, 6) is 0.781. The van der Waals surface area contributed by atoms with E-state index in [1.165, 1.54) is 5.56 Å². The van der Waals surface area contributed by atoms with Crippen LogP contribution in [0.15, 0.2) is 91.3 Å². The monoisotopic (exact) mass is 411 g/mol. The van der Waals surface area contributed by atoms with Gasteiger partial charge in [0.05, 0.1) is 20.1 Å². The summed E-state index contributed by atoms with van der Waals surface area (Å²) in [6, 6.07) is 26.1. The van der Waals surface area contributed by atoms with Gasteiger partial charge in [-0.2, -0.15) is 5.10 Å². The third-order valence-electron chi connectivity index (χ3n) is 5.19. The van der Waals surface area contributed by atoms with Gasteiger partial charge in [-0.05, 0) is 46.0 Å². The molecule has 1 N–H and O–H groups in total. The fraction of sp³-hybridized carbons (Fsp3) is 0.154. The third kappa shape index (κ3) is 5.39. The zero-order valence-corrected chi connectivity index (χ0v) is 17.5. The molecule has 1 heterocycles. The molecule has 0 aliphatic rings. The highest BCUT2D eigenvalue weighted by atomic mass is 16.5. The molecule has 0 fully saturated rings. The molecule has 3 aromatic carbocycles. The van der Waals surface area contributed by atoms with Gasteiger partial charge in [0, 0.05) is 18.9 Å². The maximum absolute atomic E-state index is 12.4. The van der Waals surface area contributed by atoms with E-state index in [4.69, 9.17) is 4.74 Å². The lowest BCUT2D eigenvalue weighted by molar-refractivity contribution is -0.120.